The third kappa shape index (κ3) is 6.13. The molecule has 6 heteroatoms. The Labute approximate surface area is 162 Å². The molecule has 0 bridgehead atoms. The fraction of sp³-hybridized carbons (Fsp3) is 0.619. The van der Waals surface area contributed by atoms with Gasteiger partial charge in [-0.1, -0.05) is 12.1 Å². The topological polar surface area (TPSA) is 115 Å². The van der Waals surface area contributed by atoms with Gasteiger partial charge in [-0.15, -0.1) is 0 Å². The average molecular weight is 375 g/mol. The van der Waals surface area contributed by atoms with Gasteiger partial charge in [0, 0.05) is 38.2 Å². The first-order valence-electron chi connectivity index (χ1n) is 10.1. The van der Waals surface area contributed by atoms with E-state index < -0.39 is 0 Å². The van der Waals surface area contributed by atoms with Gasteiger partial charge in [0.15, 0.2) is 0 Å². The van der Waals surface area contributed by atoms with Crippen molar-refractivity contribution in [1.82, 2.24) is 0 Å². The molecule has 1 saturated carbocycles. The Bertz CT molecular complexity index is 612. The molecule has 27 heavy (non-hydrogen) atoms. The molecule has 0 unspecified atom stereocenters. The predicted octanol–water partition coefficient (Wildman–Crippen LogP) is 2.07. The first kappa shape index (κ1) is 21.5. The van der Waals surface area contributed by atoms with Crippen LogP contribution in [0, 0.1) is 11.8 Å². The van der Waals surface area contributed by atoms with Gasteiger partial charge in [-0.05, 0) is 67.7 Å². The van der Waals surface area contributed by atoms with Gasteiger partial charge in [-0.3, -0.25) is 4.79 Å². The summed E-state index contributed by atoms with van der Waals surface area (Å²) in [6.07, 6.45) is 6.66. The molecule has 0 radical (unpaired) electrons. The smallest absolute Gasteiger partial charge is 0.227 e. The Morgan fingerprint density at radius 3 is 2.37 bits per heavy atom. The number of nitrogens with two attached hydrogens (primary N) is 3. The largest absolute Gasteiger partial charge is 0.330 e. The summed E-state index contributed by atoms with van der Waals surface area (Å²) in [6.45, 7) is 2.24. The summed E-state index contributed by atoms with van der Waals surface area (Å²) >= 11 is 0. The van der Waals surface area contributed by atoms with E-state index >= 15 is 0 Å². The van der Waals surface area contributed by atoms with Gasteiger partial charge >= 0.3 is 0 Å². The van der Waals surface area contributed by atoms with Crippen molar-refractivity contribution in [2.75, 3.05) is 18.0 Å². The molecule has 1 aromatic rings. The number of carbonyl (C=O) groups excluding carboxylic acids is 2. The second-order valence-corrected chi connectivity index (χ2v) is 7.56. The molecule has 1 fully saturated rings. The van der Waals surface area contributed by atoms with Crippen LogP contribution in [0.15, 0.2) is 18.2 Å². The van der Waals surface area contributed by atoms with Gasteiger partial charge in [0.2, 0.25) is 5.91 Å². The molecule has 0 aliphatic heterocycles. The highest BCUT2D eigenvalue weighted by atomic mass is 16.2. The van der Waals surface area contributed by atoms with Crippen molar-refractivity contribution in [2.45, 2.75) is 58.0 Å². The van der Waals surface area contributed by atoms with Crippen molar-refractivity contribution >= 4 is 17.9 Å². The van der Waals surface area contributed by atoms with Crippen LogP contribution in [-0.2, 0) is 22.7 Å². The molecule has 0 spiro atoms. The summed E-state index contributed by atoms with van der Waals surface area (Å²) in [7, 11) is 0. The molecule has 150 valence electrons. The molecule has 2 rings (SSSR count). The van der Waals surface area contributed by atoms with E-state index in [4.69, 9.17) is 17.2 Å². The number of rotatable bonds is 10. The van der Waals surface area contributed by atoms with Crippen LogP contribution in [0.2, 0.25) is 0 Å². The van der Waals surface area contributed by atoms with Crippen molar-refractivity contribution in [1.29, 1.82) is 0 Å². The van der Waals surface area contributed by atoms with Crippen LogP contribution in [0.1, 0.15) is 56.1 Å². The van der Waals surface area contributed by atoms with E-state index in [-0.39, 0.29) is 5.91 Å². The third-order valence-corrected chi connectivity index (χ3v) is 5.65. The summed E-state index contributed by atoms with van der Waals surface area (Å²) in [4.78, 5) is 25.5. The number of hydrogen-bond donors (Lipinski definition) is 3. The Kier molecular flexibility index (Phi) is 8.91. The monoisotopic (exact) mass is 374 g/mol. The van der Waals surface area contributed by atoms with E-state index in [1.165, 1.54) is 0 Å². The van der Waals surface area contributed by atoms with Crippen molar-refractivity contribution in [3.05, 3.63) is 29.3 Å². The first-order valence-corrected chi connectivity index (χ1v) is 10.1. The SMILES string of the molecule is NCc1ccc(CN)c(N(CC2CCC(CN)CC2)C(=O)CCCC=O)c1. The molecule has 6 N–H and O–H groups in total. The molecule has 0 aromatic heterocycles. The molecule has 1 amide bonds. The number of nitrogens with zero attached hydrogens (tertiary/aromatic N) is 1. The van der Waals surface area contributed by atoms with Crippen LogP contribution in [-0.4, -0.2) is 25.3 Å². The highest BCUT2D eigenvalue weighted by Crippen LogP contribution is 2.31. The Balaban J connectivity index is 2.21. The minimum atomic E-state index is 0.0571. The number of hydrogen-bond acceptors (Lipinski definition) is 5. The van der Waals surface area contributed by atoms with Crippen molar-refractivity contribution < 1.29 is 9.59 Å². The first-order chi connectivity index (χ1) is 13.1. The maximum absolute atomic E-state index is 13.0. The van der Waals surface area contributed by atoms with Crippen molar-refractivity contribution in [3.63, 3.8) is 0 Å². The summed E-state index contributed by atoms with van der Waals surface area (Å²) in [6, 6.07) is 5.92. The van der Waals surface area contributed by atoms with E-state index in [1.54, 1.807) is 0 Å². The average Bonchev–Trinajstić information content (AvgIpc) is 2.72. The third-order valence-electron chi connectivity index (χ3n) is 5.65. The number of amides is 1. The van der Waals surface area contributed by atoms with Crippen LogP contribution in [0.5, 0.6) is 0 Å². The zero-order valence-corrected chi connectivity index (χ0v) is 16.2. The Hall–Kier alpha value is -1.76. The summed E-state index contributed by atoms with van der Waals surface area (Å²) in [5.41, 5.74) is 20.4. The maximum atomic E-state index is 13.0. The van der Waals surface area contributed by atoms with Gasteiger partial charge in [0.25, 0.3) is 0 Å². The number of benzene rings is 1. The van der Waals surface area contributed by atoms with Crippen LogP contribution in [0.25, 0.3) is 0 Å². The molecular weight excluding hydrogens is 340 g/mol. The van der Waals surface area contributed by atoms with E-state index in [0.29, 0.717) is 50.7 Å². The zero-order chi connectivity index (χ0) is 19.6. The number of unbranched alkanes of at least 4 members (excludes halogenated alkanes) is 1. The minimum absolute atomic E-state index is 0.0571. The van der Waals surface area contributed by atoms with Gasteiger partial charge in [0.1, 0.15) is 6.29 Å². The minimum Gasteiger partial charge on any atom is -0.330 e. The summed E-state index contributed by atoms with van der Waals surface area (Å²) in [5.74, 6) is 1.13. The summed E-state index contributed by atoms with van der Waals surface area (Å²) in [5, 5.41) is 0. The van der Waals surface area contributed by atoms with Gasteiger partial charge in [0.05, 0.1) is 0 Å². The molecule has 1 aromatic carbocycles. The molecule has 0 atom stereocenters. The zero-order valence-electron chi connectivity index (χ0n) is 16.2. The van der Waals surface area contributed by atoms with Crippen molar-refractivity contribution in [3.8, 4) is 0 Å². The normalized spacial score (nSPS) is 19.7. The quantitative estimate of drug-likeness (QED) is 0.428. The van der Waals surface area contributed by atoms with E-state index in [0.717, 1.165) is 55.3 Å². The van der Waals surface area contributed by atoms with Crippen molar-refractivity contribution in [2.24, 2.45) is 29.0 Å². The highest BCUT2D eigenvalue weighted by Gasteiger charge is 2.26. The second kappa shape index (κ2) is 11.2. The lowest BCUT2D eigenvalue weighted by Gasteiger charge is -2.33. The van der Waals surface area contributed by atoms with Gasteiger partial charge in [-0.25, -0.2) is 0 Å². The number of aldehydes is 1. The maximum Gasteiger partial charge on any atom is 0.227 e. The van der Waals surface area contributed by atoms with Gasteiger partial charge < -0.3 is 26.9 Å². The predicted molar refractivity (Wildman–Crippen MR) is 109 cm³/mol. The number of carbonyl (C=O) groups is 2. The van der Waals surface area contributed by atoms with Gasteiger partial charge in [-0.2, -0.15) is 0 Å². The molecule has 1 aliphatic carbocycles. The van der Waals surface area contributed by atoms with E-state index in [1.807, 2.05) is 23.1 Å². The lowest BCUT2D eigenvalue weighted by molar-refractivity contribution is -0.119. The van der Waals surface area contributed by atoms with Crippen LogP contribution < -0.4 is 22.1 Å². The fourth-order valence-corrected chi connectivity index (χ4v) is 3.87. The number of anilines is 1. The lowest BCUT2D eigenvalue weighted by Crippen LogP contribution is -2.38. The standard InChI is InChI=1S/C21H34N4O2/c22-12-16-4-6-17(7-5-16)15-25(21(27)3-1-2-10-26)20-11-18(13-23)8-9-19(20)14-24/h8-11,16-17H,1-7,12-15,22-24H2. The Morgan fingerprint density at radius 1 is 1.07 bits per heavy atom. The van der Waals surface area contributed by atoms with E-state index in [9.17, 15) is 9.59 Å². The lowest BCUT2D eigenvalue weighted by atomic mass is 9.81. The summed E-state index contributed by atoms with van der Waals surface area (Å²) < 4.78 is 0. The molecule has 1 aliphatic rings. The van der Waals surface area contributed by atoms with E-state index in [2.05, 4.69) is 0 Å². The molecular formula is C21H34N4O2. The Morgan fingerprint density at radius 2 is 1.78 bits per heavy atom. The fourth-order valence-electron chi connectivity index (χ4n) is 3.87. The molecule has 0 heterocycles. The highest BCUT2D eigenvalue weighted by molar-refractivity contribution is 5.94. The van der Waals surface area contributed by atoms with Crippen LogP contribution >= 0.6 is 0 Å². The van der Waals surface area contributed by atoms with Crippen LogP contribution in [0.3, 0.4) is 0 Å². The van der Waals surface area contributed by atoms with Crippen LogP contribution in [0.4, 0.5) is 5.69 Å². The molecule has 6 nitrogen and oxygen atoms in total. The second-order valence-electron chi connectivity index (χ2n) is 7.56. The molecule has 0 saturated heterocycles.